The van der Waals surface area contributed by atoms with Crippen LogP contribution in [0.25, 0.3) is 33.2 Å². The van der Waals surface area contributed by atoms with E-state index in [0.717, 1.165) is 41.1 Å². The molecule has 0 fully saturated rings. The third-order valence-corrected chi connectivity index (χ3v) is 5.05. The quantitative estimate of drug-likeness (QED) is 0.161. The van der Waals surface area contributed by atoms with Gasteiger partial charge in [-0.2, -0.15) is 13.2 Å². The van der Waals surface area contributed by atoms with Gasteiger partial charge in [-0.05, 0) is 41.3 Å². The average Bonchev–Trinajstić information content (AvgIpc) is 2.76. The Labute approximate surface area is 184 Å². The molecule has 0 aliphatic heterocycles. The highest BCUT2D eigenvalue weighted by Gasteiger charge is 2.24. The van der Waals surface area contributed by atoms with Crippen LogP contribution in [0.1, 0.15) is 22.3 Å². The summed E-state index contributed by atoms with van der Waals surface area (Å²) in [5.74, 6) is -2.81. The minimum absolute atomic E-state index is 0.0147. The molecule has 0 heterocycles. The molecule has 0 aliphatic carbocycles. The van der Waals surface area contributed by atoms with Gasteiger partial charge in [0.2, 0.25) is 0 Å². The van der Waals surface area contributed by atoms with Crippen LogP contribution in [0.15, 0.2) is 60.7 Å². The number of halogens is 7. The molecular weight excluding hydrogens is 445 g/mol. The highest BCUT2D eigenvalue weighted by atomic mass is 19.4. The normalized spacial score (nSPS) is 12.5. The monoisotopic (exact) mass is 458 g/mol. The Morgan fingerprint density at radius 3 is 1.97 bits per heavy atom. The SMILES string of the molecule is Cc1ccc2cc(/C(F)=C(\F)c3ccc4c(F)c(C#CC(F)(F)F)c(F)cc4c3)ccc2c1. The first-order chi connectivity index (χ1) is 15.5. The lowest BCUT2D eigenvalue weighted by atomic mass is 10.0. The predicted octanol–water partition coefficient (Wildman–Crippen LogP) is 8.26. The van der Waals surface area contributed by atoms with Crippen LogP contribution < -0.4 is 0 Å². The van der Waals surface area contributed by atoms with Crippen LogP contribution in [0.5, 0.6) is 0 Å². The van der Waals surface area contributed by atoms with E-state index in [4.69, 9.17) is 0 Å². The first-order valence-corrected chi connectivity index (χ1v) is 9.61. The van der Waals surface area contributed by atoms with Crippen molar-refractivity contribution in [3.63, 3.8) is 0 Å². The van der Waals surface area contributed by atoms with Gasteiger partial charge in [0.1, 0.15) is 11.6 Å². The maximum atomic E-state index is 14.9. The second-order valence-electron chi connectivity index (χ2n) is 7.42. The number of alkyl halides is 3. The van der Waals surface area contributed by atoms with Crippen LogP contribution in [-0.2, 0) is 0 Å². The fourth-order valence-electron chi connectivity index (χ4n) is 3.47. The minimum atomic E-state index is -4.93. The Kier molecular flexibility index (Phi) is 5.62. The van der Waals surface area contributed by atoms with Crippen LogP contribution in [-0.4, -0.2) is 6.18 Å². The summed E-state index contributed by atoms with van der Waals surface area (Å²) in [6, 6.07) is 13.9. The molecule has 4 aromatic carbocycles. The van der Waals surface area contributed by atoms with Crippen molar-refractivity contribution in [1.82, 2.24) is 0 Å². The number of hydrogen-bond acceptors (Lipinski definition) is 0. The lowest BCUT2D eigenvalue weighted by molar-refractivity contribution is -0.0696. The van der Waals surface area contributed by atoms with Crippen molar-refractivity contribution in [2.45, 2.75) is 13.1 Å². The molecule has 0 spiro atoms. The number of fused-ring (bicyclic) bond motifs is 2. The van der Waals surface area contributed by atoms with Gasteiger partial charge in [-0.1, -0.05) is 53.9 Å². The third-order valence-electron chi connectivity index (χ3n) is 5.05. The van der Waals surface area contributed by atoms with E-state index in [1.54, 1.807) is 12.1 Å². The van der Waals surface area contributed by atoms with Gasteiger partial charge < -0.3 is 0 Å². The predicted molar refractivity (Wildman–Crippen MR) is 115 cm³/mol. The van der Waals surface area contributed by atoms with Crippen LogP contribution >= 0.6 is 0 Å². The molecule has 0 bridgehead atoms. The second kappa shape index (κ2) is 8.28. The third kappa shape index (κ3) is 4.56. The largest absolute Gasteiger partial charge is 0.458 e. The molecule has 0 unspecified atom stereocenters. The Hall–Kier alpha value is -3.79. The van der Waals surface area contributed by atoms with E-state index >= 15 is 0 Å². The van der Waals surface area contributed by atoms with E-state index in [0.29, 0.717) is 5.39 Å². The smallest absolute Gasteiger partial charge is 0.205 e. The van der Waals surface area contributed by atoms with Crippen molar-refractivity contribution in [1.29, 1.82) is 0 Å². The average molecular weight is 458 g/mol. The second-order valence-corrected chi connectivity index (χ2v) is 7.42. The highest BCUT2D eigenvalue weighted by Crippen LogP contribution is 2.33. The molecule has 0 aliphatic rings. The lowest BCUT2D eigenvalue weighted by Crippen LogP contribution is -2.02. The first kappa shape index (κ1) is 22.4. The topological polar surface area (TPSA) is 0 Å². The molecule has 0 aromatic heterocycles. The standard InChI is InChI=1S/C26H13F7/c1-14-2-3-16-11-17(5-4-15(16)10-14)23(28)24(29)18-6-7-20-19(12-18)13-22(27)21(25(20)30)8-9-26(31,32)33/h2-7,10-13H,1H3/b24-23+. The van der Waals surface area contributed by atoms with Crippen molar-refractivity contribution >= 4 is 33.2 Å². The molecule has 4 rings (SSSR count). The van der Waals surface area contributed by atoms with Gasteiger partial charge in [0.15, 0.2) is 11.7 Å². The van der Waals surface area contributed by atoms with Gasteiger partial charge in [-0.25, -0.2) is 17.6 Å². The maximum Gasteiger partial charge on any atom is 0.458 e. The van der Waals surface area contributed by atoms with E-state index in [9.17, 15) is 30.7 Å². The Balaban J connectivity index is 1.78. The molecule has 33 heavy (non-hydrogen) atoms. The zero-order valence-corrected chi connectivity index (χ0v) is 16.9. The first-order valence-electron chi connectivity index (χ1n) is 9.61. The fraction of sp³-hybridized carbons (Fsp3) is 0.0769. The fourth-order valence-corrected chi connectivity index (χ4v) is 3.47. The van der Waals surface area contributed by atoms with Gasteiger partial charge in [-0.15, -0.1) is 0 Å². The molecular formula is C26H13F7. The molecule has 4 aromatic rings. The summed E-state index contributed by atoms with van der Waals surface area (Å²) < 4.78 is 95.4. The molecule has 0 amide bonds. The Morgan fingerprint density at radius 2 is 1.30 bits per heavy atom. The van der Waals surface area contributed by atoms with E-state index in [2.05, 4.69) is 0 Å². The summed E-state index contributed by atoms with van der Waals surface area (Å²) in [6.45, 7) is 1.91. The molecule has 0 nitrogen and oxygen atoms in total. The van der Waals surface area contributed by atoms with Gasteiger partial charge in [0.05, 0.1) is 5.56 Å². The van der Waals surface area contributed by atoms with Gasteiger partial charge in [0.25, 0.3) is 0 Å². The van der Waals surface area contributed by atoms with Crippen molar-refractivity contribution in [3.8, 4) is 11.8 Å². The number of benzene rings is 4. The zero-order chi connectivity index (χ0) is 23.9. The molecule has 0 N–H and O–H groups in total. The summed E-state index contributed by atoms with van der Waals surface area (Å²) in [5, 5.41) is 1.13. The van der Waals surface area contributed by atoms with Crippen LogP contribution in [0.2, 0.25) is 0 Å². The Bertz CT molecular complexity index is 1500. The van der Waals surface area contributed by atoms with Crippen LogP contribution in [0, 0.1) is 30.4 Å². The lowest BCUT2D eigenvalue weighted by Gasteiger charge is -2.08. The number of aryl methyl sites for hydroxylation is 1. The van der Waals surface area contributed by atoms with Crippen molar-refractivity contribution in [2.24, 2.45) is 0 Å². The summed E-state index contributed by atoms with van der Waals surface area (Å²) in [6.07, 6.45) is -4.93. The van der Waals surface area contributed by atoms with E-state index in [-0.39, 0.29) is 21.9 Å². The molecule has 7 heteroatoms. The summed E-state index contributed by atoms with van der Waals surface area (Å²) in [7, 11) is 0. The zero-order valence-electron chi connectivity index (χ0n) is 16.9. The summed E-state index contributed by atoms with van der Waals surface area (Å²) >= 11 is 0. The van der Waals surface area contributed by atoms with Crippen molar-refractivity contribution in [2.75, 3.05) is 0 Å². The number of hydrogen-bond donors (Lipinski definition) is 0. The van der Waals surface area contributed by atoms with Gasteiger partial charge >= 0.3 is 6.18 Å². The Morgan fingerprint density at radius 1 is 0.727 bits per heavy atom. The molecule has 0 atom stereocenters. The molecule has 0 saturated heterocycles. The molecule has 166 valence electrons. The highest BCUT2D eigenvalue weighted by molar-refractivity contribution is 5.93. The molecule has 0 saturated carbocycles. The van der Waals surface area contributed by atoms with Crippen LogP contribution in [0.3, 0.4) is 0 Å². The molecule has 0 radical (unpaired) electrons. The maximum absolute atomic E-state index is 14.9. The number of rotatable bonds is 2. The summed E-state index contributed by atoms with van der Waals surface area (Å²) in [4.78, 5) is 0. The minimum Gasteiger partial charge on any atom is -0.205 e. The van der Waals surface area contributed by atoms with Crippen molar-refractivity contribution < 1.29 is 30.7 Å². The van der Waals surface area contributed by atoms with E-state index in [1.165, 1.54) is 18.1 Å². The van der Waals surface area contributed by atoms with Gasteiger partial charge in [-0.3, -0.25) is 0 Å². The van der Waals surface area contributed by atoms with E-state index < -0.39 is 35.0 Å². The van der Waals surface area contributed by atoms with E-state index in [1.807, 2.05) is 19.1 Å². The summed E-state index contributed by atoms with van der Waals surface area (Å²) in [5.41, 5.74) is -0.335. The van der Waals surface area contributed by atoms with Crippen molar-refractivity contribution in [3.05, 3.63) is 94.6 Å². The van der Waals surface area contributed by atoms with Crippen LogP contribution in [0.4, 0.5) is 30.7 Å². The van der Waals surface area contributed by atoms with Gasteiger partial charge in [0, 0.05) is 22.4 Å².